The van der Waals surface area contributed by atoms with Crippen molar-refractivity contribution in [3.63, 3.8) is 0 Å². The molecule has 1 aromatic heterocycles. The van der Waals surface area contributed by atoms with Crippen LogP contribution in [0.3, 0.4) is 0 Å². The van der Waals surface area contributed by atoms with E-state index >= 15 is 0 Å². The fourth-order valence-corrected chi connectivity index (χ4v) is 1.46. The standard InChI is InChI=1S/C9H7ClF3N3O4/c1-2-20-8(17)14-4-3-5(9(11,12)13)15-7(10)6(4)16(18)19/h3H,2H2,1H3,(H,14,15,17). The van der Waals surface area contributed by atoms with Gasteiger partial charge in [0, 0.05) is 0 Å². The Balaban J connectivity index is 3.33. The smallest absolute Gasteiger partial charge is 0.433 e. The van der Waals surface area contributed by atoms with Crippen molar-refractivity contribution in [1.29, 1.82) is 0 Å². The maximum absolute atomic E-state index is 12.5. The third-order valence-electron chi connectivity index (χ3n) is 1.94. The minimum atomic E-state index is -4.87. The van der Waals surface area contributed by atoms with Crippen molar-refractivity contribution >= 4 is 29.1 Å². The van der Waals surface area contributed by atoms with E-state index in [0.717, 1.165) is 0 Å². The average molecular weight is 314 g/mol. The molecule has 0 bridgehead atoms. The molecule has 0 unspecified atom stereocenters. The number of nitrogens with zero attached hydrogens (tertiary/aromatic N) is 2. The van der Waals surface area contributed by atoms with Gasteiger partial charge in [-0.15, -0.1) is 0 Å². The molecular formula is C9H7ClF3N3O4. The number of nitro groups is 1. The molecule has 0 spiro atoms. The van der Waals surface area contributed by atoms with Crippen molar-refractivity contribution in [2.24, 2.45) is 0 Å². The van der Waals surface area contributed by atoms with Gasteiger partial charge in [0.15, 0.2) is 0 Å². The van der Waals surface area contributed by atoms with E-state index in [1.807, 2.05) is 5.32 Å². The molecule has 7 nitrogen and oxygen atoms in total. The lowest BCUT2D eigenvalue weighted by Crippen LogP contribution is -2.17. The minimum Gasteiger partial charge on any atom is -0.450 e. The largest absolute Gasteiger partial charge is 0.450 e. The Morgan fingerprint density at radius 1 is 1.60 bits per heavy atom. The maximum atomic E-state index is 12.5. The summed E-state index contributed by atoms with van der Waals surface area (Å²) in [6.45, 7) is 1.39. The number of anilines is 1. The molecule has 20 heavy (non-hydrogen) atoms. The van der Waals surface area contributed by atoms with E-state index in [-0.39, 0.29) is 6.61 Å². The molecule has 0 saturated carbocycles. The summed E-state index contributed by atoms with van der Waals surface area (Å²) >= 11 is 5.35. The van der Waals surface area contributed by atoms with E-state index in [0.29, 0.717) is 6.07 Å². The van der Waals surface area contributed by atoms with Gasteiger partial charge in [-0.1, -0.05) is 11.6 Å². The first-order valence-electron chi connectivity index (χ1n) is 5.02. The molecule has 11 heteroatoms. The first-order valence-corrected chi connectivity index (χ1v) is 5.40. The molecule has 0 aliphatic heterocycles. The summed E-state index contributed by atoms with van der Waals surface area (Å²) in [6.07, 6.45) is -6.02. The fraction of sp³-hybridized carbons (Fsp3) is 0.333. The Morgan fingerprint density at radius 2 is 2.20 bits per heavy atom. The zero-order chi connectivity index (χ0) is 15.5. The number of ether oxygens (including phenoxy) is 1. The second-order valence-electron chi connectivity index (χ2n) is 3.29. The third kappa shape index (κ3) is 3.70. The highest BCUT2D eigenvalue weighted by atomic mass is 35.5. The number of hydrogen-bond acceptors (Lipinski definition) is 5. The van der Waals surface area contributed by atoms with Crippen molar-refractivity contribution in [2.75, 3.05) is 11.9 Å². The topological polar surface area (TPSA) is 94.4 Å². The number of hydrogen-bond donors (Lipinski definition) is 1. The molecule has 110 valence electrons. The molecule has 0 atom stereocenters. The molecule has 1 aromatic rings. The van der Waals surface area contributed by atoms with E-state index < -0.39 is 39.4 Å². The predicted octanol–water partition coefficient (Wildman–Crippen LogP) is 3.23. The van der Waals surface area contributed by atoms with Crippen molar-refractivity contribution < 1.29 is 27.6 Å². The lowest BCUT2D eigenvalue weighted by Gasteiger charge is -2.10. The van der Waals surface area contributed by atoms with Gasteiger partial charge in [0.25, 0.3) is 0 Å². The van der Waals surface area contributed by atoms with Gasteiger partial charge in [-0.05, 0) is 13.0 Å². The minimum absolute atomic E-state index is 0.0649. The van der Waals surface area contributed by atoms with Crippen molar-refractivity contribution in [2.45, 2.75) is 13.1 Å². The second-order valence-corrected chi connectivity index (χ2v) is 3.65. The first kappa shape index (κ1) is 16.0. The molecule has 1 rings (SSSR count). The van der Waals surface area contributed by atoms with Gasteiger partial charge in [0.05, 0.1) is 11.5 Å². The van der Waals surface area contributed by atoms with E-state index in [4.69, 9.17) is 11.6 Å². The molecule has 0 saturated heterocycles. The highest BCUT2D eigenvalue weighted by Gasteiger charge is 2.36. The Bertz CT molecular complexity index is 550. The van der Waals surface area contributed by atoms with Gasteiger partial charge in [-0.3, -0.25) is 15.4 Å². The summed E-state index contributed by atoms with van der Waals surface area (Å²) in [7, 11) is 0. The monoisotopic (exact) mass is 313 g/mol. The predicted molar refractivity (Wildman–Crippen MR) is 61.5 cm³/mol. The normalized spacial score (nSPS) is 11.1. The molecule has 1 N–H and O–H groups in total. The van der Waals surface area contributed by atoms with Crippen molar-refractivity contribution in [3.05, 3.63) is 27.0 Å². The molecule has 0 radical (unpaired) electrons. The Hall–Kier alpha value is -2.10. The van der Waals surface area contributed by atoms with Crippen LogP contribution in [-0.4, -0.2) is 22.6 Å². The van der Waals surface area contributed by atoms with Crippen LogP contribution in [0.5, 0.6) is 0 Å². The number of amides is 1. The zero-order valence-corrected chi connectivity index (χ0v) is 10.6. The van der Waals surface area contributed by atoms with Crippen molar-refractivity contribution in [3.8, 4) is 0 Å². The number of alkyl halides is 3. The summed E-state index contributed by atoms with van der Waals surface area (Å²) in [5.74, 6) is 0. The van der Waals surface area contributed by atoms with Gasteiger partial charge in [-0.25, -0.2) is 9.78 Å². The van der Waals surface area contributed by atoms with Gasteiger partial charge in [0.2, 0.25) is 5.15 Å². The highest BCUT2D eigenvalue weighted by Crippen LogP contribution is 2.37. The van der Waals surface area contributed by atoms with Crippen LogP contribution < -0.4 is 5.32 Å². The number of carbonyl (C=O) groups excluding carboxylic acids is 1. The molecule has 0 aliphatic rings. The Morgan fingerprint density at radius 3 is 2.65 bits per heavy atom. The lowest BCUT2D eigenvalue weighted by molar-refractivity contribution is -0.384. The Labute approximate surface area is 114 Å². The third-order valence-corrected chi connectivity index (χ3v) is 2.20. The summed E-state index contributed by atoms with van der Waals surface area (Å²) in [5, 5.41) is 11.6. The van der Waals surface area contributed by atoms with Gasteiger partial charge < -0.3 is 4.74 Å². The quantitative estimate of drug-likeness (QED) is 0.525. The average Bonchev–Trinajstić information content (AvgIpc) is 2.26. The first-order chi connectivity index (χ1) is 9.16. The molecule has 0 aliphatic carbocycles. The van der Waals surface area contributed by atoms with Gasteiger partial charge in [0.1, 0.15) is 11.4 Å². The van der Waals surface area contributed by atoms with E-state index in [1.165, 1.54) is 6.92 Å². The van der Waals surface area contributed by atoms with Gasteiger partial charge >= 0.3 is 18.0 Å². The molecule has 1 amide bonds. The van der Waals surface area contributed by atoms with Crippen molar-refractivity contribution in [1.82, 2.24) is 4.98 Å². The number of halogens is 4. The summed E-state index contributed by atoms with van der Waals surface area (Å²) in [5.41, 5.74) is -3.17. The van der Waals surface area contributed by atoms with E-state index in [1.54, 1.807) is 0 Å². The summed E-state index contributed by atoms with van der Waals surface area (Å²) < 4.78 is 42.0. The summed E-state index contributed by atoms with van der Waals surface area (Å²) in [4.78, 5) is 23.7. The lowest BCUT2D eigenvalue weighted by atomic mass is 10.2. The number of nitrogens with one attached hydrogen (secondary N) is 1. The van der Waals surface area contributed by atoms with Crippen LogP contribution in [0, 0.1) is 10.1 Å². The highest BCUT2D eigenvalue weighted by molar-refractivity contribution is 6.32. The molecule has 0 fully saturated rings. The van der Waals surface area contributed by atoms with Crippen LogP contribution in [-0.2, 0) is 10.9 Å². The molecule has 1 heterocycles. The van der Waals surface area contributed by atoms with Crippen LogP contribution in [0.25, 0.3) is 0 Å². The van der Waals surface area contributed by atoms with Crippen LogP contribution in [0.4, 0.5) is 29.3 Å². The Kier molecular flexibility index (Phi) is 4.71. The van der Waals surface area contributed by atoms with Crippen LogP contribution in [0.15, 0.2) is 6.07 Å². The summed E-state index contributed by atoms with van der Waals surface area (Å²) in [6, 6.07) is 0.306. The molecule has 0 aromatic carbocycles. The number of aromatic nitrogens is 1. The van der Waals surface area contributed by atoms with Crippen LogP contribution in [0.2, 0.25) is 5.15 Å². The molecular weight excluding hydrogens is 307 g/mol. The number of rotatable bonds is 3. The van der Waals surface area contributed by atoms with Crippen LogP contribution >= 0.6 is 11.6 Å². The van der Waals surface area contributed by atoms with Gasteiger partial charge in [-0.2, -0.15) is 13.2 Å². The SMILES string of the molecule is CCOC(=O)Nc1cc(C(F)(F)F)nc(Cl)c1[N+](=O)[O-]. The number of pyridine rings is 1. The zero-order valence-electron chi connectivity index (χ0n) is 9.82. The number of carbonyl (C=O) groups is 1. The van der Waals surface area contributed by atoms with E-state index in [2.05, 4.69) is 9.72 Å². The van der Waals surface area contributed by atoms with Crippen LogP contribution in [0.1, 0.15) is 12.6 Å². The fourth-order valence-electron chi connectivity index (χ4n) is 1.20. The van der Waals surface area contributed by atoms with E-state index in [9.17, 15) is 28.1 Å². The second kappa shape index (κ2) is 5.90. The maximum Gasteiger partial charge on any atom is 0.433 e.